The molecule has 1 aromatic heterocycles. The summed E-state index contributed by atoms with van der Waals surface area (Å²) in [5.41, 5.74) is 1.83. The highest BCUT2D eigenvalue weighted by Crippen LogP contribution is 2.25. The zero-order valence-corrected chi connectivity index (χ0v) is 14.1. The standard InChI is InChI=1S/C19H23NO4/c1-22-17-5-3-14(4-6-17)11-16-12-20(9-7-18(16)23-2)19(21)15-8-10-24-13-15/h3-6,8,10,13,16,18H,7,9,11-12H2,1-2H3/t16-,18-/m0/s1. The van der Waals surface area contributed by atoms with E-state index in [0.29, 0.717) is 18.7 Å². The van der Waals surface area contributed by atoms with Crippen molar-refractivity contribution in [1.82, 2.24) is 4.90 Å². The number of methoxy groups -OCH3 is 2. The van der Waals surface area contributed by atoms with Crippen LogP contribution < -0.4 is 4.74 Å². The third kappa shape index (κ3) is 3.62. The van der Waals surface area contributed by atoms with E-state index < -0.39 is 0 Å². The van der Waals surface area contributed by atoms with E-state index in [9.17, 15) is 4.79 Å². The SMILES string of the molecule is COc1ccc(C[C@H]2CN(C(=O)c3ccoc3)CC[C@@H]2OC)cc1. The second kappa shape index (κ2) is 7.53. The van der Waals surface area contributed by atoms with E-state index in [4.69, 9.17) is 13.9 Å². The van der Waals surface area contributed by atoms with Gasteiger partial charge in [0.05, 0.1) is 25.0 Å². The molecule has 0 saturated carbocycles. The number of benzene rings is 1. The van der Waals surface area contributed by atoms with E-state index in [1.807, 2.05) is 17.0 Å². The van der Waals surface area contributed by atoms with Crippen molar-refractivity contribution in [3.05, 3.63) is 54.0 Å². The van der Waals surface area contributed by atoms with Gasteiger partial charge in [0.15, 0.2) is 0 Å². The maximum Gasteiger partial charge on any atom is 0.257 e. The van der Waals surface area contributed by atoms with Gasteiger partial charge in [-0.1, -0.05) is 12.1 Å². The van der Waals surface area contributed by atoms with Gasteiger partial charge in [-0.2, -0.15) is 0 Å². The Morgan fingerprint density at radius 3 is 2.67 bits per heavy atom. The summed E-state index contributed by atoms with van der Waals surface area (Å²) in [6, 6.07) is 9.79. The molecule has 0 N–H and O–H groups in total. The van der Waals surface area contributed by atoms with Crippen LogP contribution in [0.5, 0.6) is 5.75 Å². The summed E-state index contributed by atoms with van der Waals surface area (Å²) in [6.07, 6.45) is 4.92. The highest BCUT2D eigenvalue weighted by Gasteiger charge is 2.32. The van der Waals surface area contributed by atoms with Crippen molar-refractivity contribution in [1.29, 1.82) is 0 Å². The Morgan fingerprint density at radius 1 is 1.25 bits per heavy atom. The van der Waals surface area contributed by atoms with Gasteiger partial charge in [0, 0.05) is 26.1 Å². The number of nitrogens with zero attached hydrogens (tertiary/aromatic N) is 1. The number of carbonyl (C=O) groups is 1. The Kier molecular flexibility index (Phi) is 5.20. The first-order valence-electron chi connectivity index (χ1n) is 8.18. The van der Waals surface area contributed by atoms with Gasteiger partial charge in [-0.3, -0.25) is 4.79 Å². The summed E-state index contributed by atoms with van der Waals surface area (Å²) in [4.78, 5) is 14.4. The highest BCUT2D eigenvalue weighted by molar-refractivity contribution is 5.93. The lowest BCUT2D eigenvalue weighted by Crippen LogP contribution is -2.47. The van der Waals surface area contributed by atoms with Crippen molar-refractivity contribution < 1.29 is 18.7 Å². The second-order valence-corrected chi connectivity index (χ2v) is 6.14. The number of likely N-dealkylation sites (tertiary alicyclic amines) is 1. The van der Waals surface area contributed by atoms with Gasteiger partial charge in [0.1, 0.15) is 12.0 Å². The summed E-state index contributed by atoms with van der Waals surface area (Å²) in [5, 5.41) is 0. The topological polar surface area (TPSA) is 51.9 Å². The molecule has 3 rings (SSSR count). The number of furan rings is 1. The first-order chi connectivity index (χ1) is 11.7. The Balaban J connectivity index is 1.69. The maximum atomic E-state index is 12.5. The summed E-state index contributed by atoms with van der Waals surface area (Å²) in [6.45, 7) is 1.40. The fourth-order valence-corrected chi connectivity index (χ4v) is 3.33. The quantitative estimate of drug-likeness (QED) is 0.846. The van der Waals surface area contributed by atoms with Crippen LogP contribution >= 0.6 is 0 Å². The molecule has 1 saturated heterocycles. The molecule has 2 heterocycles. The van der Waals surface area contributed by atoms with Gasteiger partial charge in [-0.15, -0.1) is 0 Å². The summed E-state index contributed by atoms with van der Waals surface area (Å²) in [5.74, 6) is 1.15. The summed E-state index contributed by atoms with van der Waals surface area (Å²) < 4.78 is 15.9. The molecule has 1 aliphatic rings. The third-order valence-corrected chi connectivity index (χ3v) is 4.68. The Hall–Kier alpha value is -2.27. The Morgan fingerprint density at radius 2 is 2.04 bits per heavy atom. The fourth-order valence-electron chi connectivity index (χ4n) is 3.33. The van der Waals surface area contributed by atoms with Gasteiger partial charge >= 0.3 is 0 Å². The number of hydrogen-bond donors (Lipinski definition) is 0. The van der Waals surface area contributed by atoms with Gasteiger partial charge in [0.2, 0.25) is 0 Å². The van der Waals surface area contributed by atoms with Crippen LogP contribution in [0.1, 0.15) is 22.3 Å². The molecule has 1 aliphatic heterocycles. The number of hydrogen-bond acceptors (Lipinski definition) is 4. The number of carbonyl (C=O) groups excluding carboxylic acids is 1. The lowest BCUT2D eigenvalue weighted by Gasteiger charge is -2.38. The van der Waals surface area contributed by atoms with Crippen molar-refractivity contribution in [2.75, 3.05) is 27.3 Å². The molecule has 24 heavy (non-hydrogen) atoms. The van der Waals surface area contributed by atoms with E-state index >= 15 is 0 Å². The Bertz CT molecular complexity index is 651. The van der Waals surface area contributed by atoms with Crippen LogP contribution in [0.2, 0.25) is 0 Å². The largest absolute Gasteiger partial charge is 0.497 e. The molecule has 1 aromatic carbocycles. The van der Waals surface area contributed by atoms with Crippen LogP contribution in [0.4, 0.5) is 0 Å². The molecule has 0 spiro atoms. The number of rotatable bonds is 5. The number of ether oxygens (including phenoxy) is 2. The van der Waals surface area contributed by atoms with Crippen molar-refractivity contribution in [3.63, 3.8) is 0 Å². The van der Waals surface area contributed by atoms with E-state index in [1.54, 1.807) is 20.3 Å². The monoisotopic (exact) mass is 329 g/mol. The van der Waals surface area contributed by atoms with Gasteiger partial charge in [-0.25, -0.2) is 0 Å². The van der Waals surface area contributed by atoms with Crippen LogP contribution in [0.15, 0.2) is 47.3 Å². The average Bonchev–Trinajstić information content (AvgIpc) is 3.16. The molecular weight excluding hydrogens is 306 g/mol. The summed E-state index contributed by atoms with van der Waals surface area (Å²) >= 11 is 0. The molecule has 0 bridgehead atoms. The van der Waals surface area contributed by atoms with Crippen LogP contribution in [0.3, 0.4) is 0 Å². The first-order valence-corrected chi connectivity index (χ1v) is 8.18. The molecule has 5 heteroatoms. The number of piperidine rings is 1. The fraction of sp³-hybridized carbons (Fsp3) is 0.421. The smallest absolute Gasteiger partial charge is 0.257 e. The highest BCUT2D eigenvalue weighted by atomic mass is 16.5. The van der Waals surface area contributed by atoms with Gasteiger partial charge in [0.25, 0.3) is 5.91 Å². The van der Waals surface area contributed by atoms with Crippen molar-refractivity contribution >= 4 is 5.91 Å². The third-order valence-electron chi connectivity index (χ3n) is 4.68. The van der Waals surface area contributed by atoms with Crippen molar-refractivity contribution in [2.45, 2.75) is 18.9 Å². The second-order valence-electron chi connectivity index (χ2n) is 6.14. The van der Waals surface area contributed by atoms with E-state index in [0.717, 1.165) is 18.6 Å². The zero-order valence-electron chi connectivity index (χ0n) is 14.1. The molecule has 1 fully saturated rings. The molecular formula is C19H23NO4. The predicted octanol–water partition coefficient (Wildman–Crippen LogP) is 3.01. The minimum atomic E-state index is 0.0260. The summed E-state index contributed by atoms with van der Waals surface area (Å²) in [7, 11) is 3.41. The van der Waals surface area contributed by atoms with Gasteiger partial charge in [-0.05, 0) is 36.6 Å². The molecule has 5 nitrogen and oxygen atoms in total. The van der Waals surface area contributed by atoms with Crippen molar-refractivity contribution in [3.8, 4) is 5.75 Å². The molecule has 1 amide bonds. The minimum absolute atomic E-state index is 0.0260. The van der Waals surface area contributed by atoms with E-state index in [-0.39, 0.29) is 17.9 Å². The lowest BCUT2D eigenvalue weighted by molar-refractivity contribution is -0.00301. The maximum absolute atomic E-state index is 12.5. The van der Waals surface area contributed by atoms with Crippen LogP contribution in [0, 0.1) is 5.92 Å². The van der Waals surface area contributed by atoms with Crippen LogP contribution in [-0.4, -0.2) is 44.2 Å². The molecule has 0 radical (unpaired) electrons. The lowest BCUT2D eigenvalue weighted by atomic mass is 9.88. The molecule has 2 atom stereocenters. The molecule has 0 unspecified atom stereocenters. The van der Waals surface area contributed by atoms with E-state index in [2.05, 4.69) is 12.1 Å². The zero-order chi connectivity index (χ0) is 16.9. The average molecular weight is 329 g/mol. The first kappa shape index (κ1) is 16.6. The molecule has 128 valence electrons. The minimum Gasteiger partial charge on any atom is -0.497 e. The number of amides is 1. The normalized spacial score (nSPS) is 20.8. The Labute approximate surface area is 142 Å². The van der Waals surface area contributed by atoms with E-state index in [1.165, 1.54) is 18.1 Å². The predicted molar refractivity (Wildman–Crippen MR) is 90.2 cm³/mol. The van der Waals surface area contributed by atoms with Crippen LogP contribution in [0.25, 0.3) is 0 Å². The van der Waals surface area contributed by atoms with Crippen molar-refractivity contribution in [2.24, 2.45) is 5.92 Å². The van der Waals surface area contributed by atoms with Gasteiger partial charge < -0.3 is 18.8 Å². The molecule has 0 aliphatic carbocycles. The van der Waals surface area contributed by atoms with Crippen LogP contribution in [-0.2, 0) is 11.2 Å². The molecule has 2 aromatic rings.